The molecule has 1 unspecified atom stereocenters. The van der Waals surface area contributed by atoms with Gasteiger partial charge in [0, 0.05) is 5.56 Å². The predicted molar refractivity (Wildman–Crippen MR) is 106 cm³/mol. The molecule has 0 amide bonds. The summed E-state index contributed by atoms with van der Waals surface area (Å²) in [7, 11) is -4.31. The molecule has 5 atom stereocenters. The molecule has 1 aromatic carbocycles. The fraction of sp³-hybridized carbons (Fsp3) is 0.389. The van der Waals surface area contributed by atoms with E-state index in [0.29, 0.717) is 5.56 Å². The Balaban J connectivity index is 1.42. The average molecular weight is 485 g/mol. The van der Waals surface area contributed by atoms with Crippen molar-refractivity contribution in [1.82, 2.24) is 19.5 Å². The van der Waals surface area contributed by atoms with Crippen molar-refractivity contribution in [2.45, 2.75) is 37.1 Å². The highest BCUT2D eigenvalue weighted by Crippen LogP contribution is 2.56. The van der Waals surface area contributed by atoms with Crippen molar-refractivity contribution >= 4 is 24.8 Å². The van der Waals surface area contributed by atoms with Gasteiger partial charge in [-0.1, -0.05) is 18.2 Å². The number of phosphoric acid groups is 1. The number of nitrogens with two attached hydrogens (primary N) is 1. The molecule has 2 aliphatic heterocycles. The first kappa shape index (κ1) is 22.1. The molecule has 1 saturated heterocycles. The maximum absolute atomic E-state index is 14.2. The van der Waals surface area contributed by atoms with Crippen LogP contribution in [-0.2, 0) is 25.0 Å². The van der Waals surface area contributed by atoms with Crippen LogP contribution in [0.15, 0.2) is 36.9 Å². The molecule has 12 nitrogen and oxygen atoms in total. The van der Waals surface area contributed by atoms with Crippen molar-refractivity contribution < 1.29 is 41.9 Å². The third-order valence-corrected chi connectivity index (χ3v) is 6.81. The normalized spacial score (nSPS) is 31.6. The summed E-state index contributed by atoms with van der Waals surface area (Å²) >= 11 is 0. The number of halogens is 2. The van der Waals surface area contributed by atoms with Crippen molar-refractivity contribution in [2.24, 2.45) is 0 Å². The molecule has 4 N–H and O–H groups in total. The first-order chi connectivity index (χ1) is 15.7. The molecular formula is C18H18F2N5O7P. The van der Waals surface area contributed by atoms with Gasteiger partial charge >= 0.3 is 7.82 Å². The van der Waals surface area contributed by atoms with Crippen LogP contribution in [0.3, 0.4) is 0 Å². The fourth-order valence-electron chi connectivity index (χ4n) is 3.70. The Bertz CT molecular complexity index is 1250. The molecule has 0 aliphatic carbocycles. The quantitative estimate of drug-likeness (QED) is 0.448. The number of rotatable bonds is 5. The third kappa shape index (κ3) is 3.55. The maximum Gasteiger partial charge on any atom is 0.530 e. The van der Waals surface area contributed by atoms with Crippen molar-refractivity contribution in [3.05, 3.63) is 42.5 Å². The van der Waals surface area contributed by atoms with E-state index in [1.807, 2.05) is 0 Å². The van der Waals surface area contributed by atoms with Crippen LogP contribution in [0.4, 0.5) is 14.6 Å². The van der Waals surface area contributed by atoms with E-state index < -0.39 is 44.9 Å². The van der Waals surface area contributed by atoms with Gasteiger partial charge in [-0.15, -0.1) is 0 Å². The summed E-state index contributed by atoms with van der Waals surface area (Å²) in [6, 6.07) is 6.55. The Morgan fingerprint density at radius 3 is 2.88 bits per heavy atom. The maximum atomic E-state index is 14.2. The summed E-state index contributed by atoms with van der Waals surface area (Å²) in [5.74, 6) is 0.242. The number of anilines is 1. The summed E-state index contributed by atoms with van der Waals surface area (Å²) in [5, 5.41) is 21.1. The number of benzene rings is 1. The van der Waals surface area contributed by atoms with Crippen LogP contribution in [0, 0.1) is 0 Å². The number of aliphatic hydroxyl groups excluding tert-OH is 2. The van der Waals surface area contributed by atoms with Gasteiger partial charge in [-0.2, -0.15) is 0 Å². The minimum absolute atomic E-state index is 0.0280. The number of nitrogen functional groups attached to an aromatic ring is 1. The van der Waals surface area contributed by atoms with Crippen LogP contribution in [0.1, 0.15) is 11.8 Å². The SMILES string of the molecule is Nc1ncnc2c1ncn2[C@@H]1O[C@@](COP2(=O)OCc3ccccc3O2)(C(F)F)[C@H](O)[C@H]1O. The molecule has 1 fully saturated rings. The molecule has 176 valence electrons. The second-order valence-corrected chi connectivity index (χ2v) is 9.07. The first-order valence-electron chi connectivity index (χ1n) is 9.66. The third-order valence-electron chi connectivity index (χ3n) is 5.50. The van der Waals surface area contributed by atoms with Crippen LogP contribution < -0.4 is 10.3 Å². The lowest BCUT2D eigenvalue weighted by Crippen LogP contribution is -2.52. The van der Waals surface area contributed by atoms with Crippen molar-refractivity contribution in [1.29, 1.82) is 0 Å². The lowest BCUT2D eigenvalue weighted by molar-refractivity contribution is -0.193. The zero-order valence-corrected chi connectivity index (χ0v) is 17.6. The molecule has 33 heavy (non-hydrogen) atoms. The zero-order valence-electron chi connectivity index (χ0n) is 16.7. The second kappa shape index (κ2) is 7.94. The van der Waals surface area contributed by atoms with E-state index in [1.54, 1.807) is 18.2 Å². The lowest BCUT2D eigenvalue weighted by Gasteiger charge is -2.32. The molecule has 0 saturated carbocycles. The van der Waals surface area contributed by atoms with Gasteiger partial charge in [0.05, 0.1) is 19.5 Å². The number of hydrogen-bond donors (Lipinski definition) is 3. The van der Waals surface area contributed by atoms with Gasteiger partial charge in [0.1, 0.15) is 29.8 Å². The highest BCUT2D eigenvalue weighted by molar-refractivity contribution is 7.49. The Labute approximate surface area is 184 Å². The Morgan fingerprint density at radius 2 is 2.09 bits per heavy atom. The fourth-order valence-corrected chi connectivity index (χ4v) is 4.96. The average Bonchev–Trinajstić information content (AvgIpc) is 3.33. The predicted octanol–water partition coefficient (Wildman–Crippen LogP) is 1.40. The monoisotopic (exact) mass is 485 g/mol. The van der Waals surface area contributed by atoms with Crippen LogP contribution in [0.25, 0.3) is 11.2 Å². The highest BCUT2D eigenvalue weighted by atomic mass is 31.2. The standard InChI is InChI=1S/C18H18F2N5O7P/c19-17(20)18(6-30-33(28)29-5-9-3-1-2-4-10(9)32-33)13(27)12(26)16(31-18)25-8-24-11-14(21)22-7-23-15(11)25/h1-4,7-8,12-13,16-17,26-27H,5-6H2,(H2,21,22,23)/t12-,13-,16-,18-,33?/m1/s1. The van der Waals surface area contributed by atoms with Gasteiger partial charge in [0.2, 0.25) is 0 Å². The molecule has 2 aromatic heterocycles. The van der Waals surface area contributed by atoms with Crippen LogP contribution in [-0.4, -0.2) is 60.6 Å². The summed E-state index contributed by atoms with van der Waals surface area (Å²) in [6.45, 7) is -1.24. The Hall–Kier alpha value is -2.74. The number of nitrogens with zero attached hydrogens (tertiary/aromatic N) is 4. The number of ether oxygens (including phenoxy) is 1. The first-order valence-corrected chi connectivity index (χ1v) is 11.1. The Morgan fingerprint density at radius 1 is 1.30 bits per heavy atom. The van der Waals surface area contributed by atoms with Gasteiger partial charge in [0.15, 0.2) is 23.3 Å². The number of hydrogen-bond acceptors (Lipinski definition) is 11. The van der Waals surface area contributed by atoms with Crippen molar-refractivity contribution in [3.63, 3.8) is 0 Å². The molecule has 15 heteroatoms. The van der Waals surface area contributed by atoms with Gasteiger partial charge in [-0.05, 0) is 6.07 Å². The van der Waals surface area contributed by atoms with E-state index in [9.17, 15) is 23.6 Å². The smallest absolute Gasteiger partial charge is 0.404 e. The molecule has 3 aromatic rings. The van der Waals surface area contributed by atoms with Crippen LogP contribution in [0.2, 0.25) is 0 Å². The largest absolute Gasteiger partial charge is 0.530 e. The van der Waals surface area contributed by atoms with E-state index >= 15 is 0 Å². The number of para-hydroxylation sites is 1. The summed E-state index contributed by atoms with van der Waals surface area (Å²) < 4.78 is 63.4. The van der Waals surface area contributed by atoms with E-state index in [-0.39, 0.29) is 29.3 Å². The number of aliphatic hydroxyl groups is 2. The molecule has 0 bridgehead atoms. The van der Waals surface area contributed by atoms with E-state index in [0.717, 1.165) is 17.2 Å². The lowest BCUT2D eigenvalue weighted by atomic mass is 9.96. The molecule has 0 radical (unpaired) electrons. The Kier molecular flexibility index (Phi) is 5.31. The summed E-state index contributed by atoms with van der Waals surface area (Å²) in [5.41, 5.74) is 3.81. The number of phosphoric ester groups is 1. The van der Waals surface area contributed by atoms with E-state index in [1.165, 1.54) is 6.07 Å². The van der Waals surface area contributed by atoms with E-state index in [2.05, 4.69) is 15.0 Å². The molecule has 0 spiro atoms. The number of alkyl halides is 2. The van der Waals surface area contributed by atoms with Gasteiger partial charge in [-0.3, -0.25) is 13.6 Å². The highest BCUT2D eigenvalue weighted by Gasteiger charge is 2.62. The molecule has 5 rings (SSSR count). The van der Waals surface area contributed by atoms with Gasteiger partial charge in [-0.25, -0.2) is 28.3 Å². The van der Waals surface area contributed by atoms with Gasteiger partial charge in [0.25, 0.3) is 6.43 Å². The van der Waals surface area contributed by atoms with E-state index in [4.69, 9.17) is 24.0 Å². The minimum atomic E-state index is -4.31. The number of imidazole rings is 1. The molecule has 4 heterocycles. The molecular weight excluding hydrogens is 467 g/mol. The van der Waals surface area contributed by atoms with Gasteiger partial charge < -0.3 is 25.2 Å². The second-order valence-electron chi connectivity index (χ2n) is 7.48. The zero-order chi connectivity index (χ0) is 23.4. The molecule has 2 aliphatic rings. The summed E-state index contributed by atoms with van der Waals surface area (Å²) in [4.78, 5) is 11.8. The number of aromatic nitrogens is 4. The minimum Gasteiger partial charge on any atom is -0.404 e. The summed E-state index contributed by atoms with van der Waals surface area (Å²) in [6.07, 6.45) is -6.59. The van der Waals surface area contributed by atoms with Crippen molar-refractivity contribution in [2.75, 3.05) is 12.3 Å². The van der Waals surface area contributed by atoms with Crippen molar-refractivity contribution in [3.8, 4) is 5.75 Å². The number of fused-ring (bicyclic) bond motifs is 2. The van der Waals surface area contributed by atoms with Crippen LogP contribution >= 0.6 is 7.82 Å². The van der Waals surface area contributed by atoms with Crippen LogP contribution in [0.5, 0.6) is 5.75 Å². The topological polar surface area (TPSA) is 164 Å².